The fourth-order valence-corrected chi connectivity index (χ4v) is 1.71. The summed E-state index contributed by atoms with van der Waals surface area (Å²) in [5.74, 6) is 0.0713. The number of nitrogens with zero attached hydrogens (tertiary/aromatic N) is 1. The van der Waals surface area contributed by atoms with Gasteiger partial charge in [-0.3, -0.25) is 9.59 Å². The predicted octanol–water partition coefficient (Wildman–Crippen LogP) is 0.585. The molecule has 0 atom stereocenters. The molecule has 0 radical (unpaired) electrons. The summed E-state index contributed by atoms with van der Waals surface area (Å²) < 4.78 is 0. The van der Waals surface area contributed by atoms with Crippen LogP contribution in [0.15, 0.2) is 41.2 Å². The Morgan fingerprint density at radius 2 is 1.95 bits per heavy atom. The van der Waals surface area contributed by atoms with E-state index in [2.05, 4.69) is 15.5 Å². The average Bonchev–Trinajstić information content (AvgIpc) is 2.42. The largest absolute Gasteiger partial charge is 0.389 e. The van der Waals surface area contributed by atoms with Crippen LogP contribution in [0.3, 0.4) is 0 Å². The normalized spacial score (nSPS) is 10.0. The molecule has 0 aliphatic rings. The highest BCUT2D eigenvalue weighted by atomic mass is 32.1. The van der Waals surface area contributed by atoms with Crippen LogP contribution in [-0.2, 0) is 11.2 Å². The molecular weight excluding hydrogens is 276 g/mol. The number of H-pyrrole nitrogens is 1. The van der Waals surface area contributed by atoms with Gasteiger partial charge in [0.05, 0.1) is 6.42 Å². The highest BCUT2D eigenvalue weighted by Crippen LogP contribution is 2.06. The Morgan fingerprint density at radius 1 is 1.25 bits per heavy atom. The number of aromatic nitrogens is 2. The van der Waals surface area contributed by atoms with Crippen LogP contribution in [0.4, 0.5) is 5.82 Å². The first-order valence-electron chi connectivity index (χ1n) is 5.79. The summed E-state index contributed by atoms with van der Waals surface area (Å²) in [6.07, 6.45) is 0.193. The van der Waals surface area contributed by atoms with Crippen molar-refractivity contribution in [3.8, 4) is 0 Å². The van der Waals surface area contributed by atoms with Crippen molar-refractivity contribution in [2.75, 3.05) is 5.32 Å². The van der Waals surface area contributed by atoms with Gasteiger partial charge < -0.3 is 11.1 Å². The number of nitrogens with two attached hydrogens (primary N) is 1. The van der Waals surface area contributed by atoms with Gasteiger partial charge in [-0.2, -0.15) is 5.10 Å². The molecule has 0 saturated heterocycles. The lowest BCUT2D eigenvalue weighted by atomic mass is 10.1. The van der Waals surface area contributed by atoms with Gasteiger partial charge in [-0.1, -0.05) is 36.5 Å². The summed E-state index contributed by atoms with van der Waals surface area (Å²) in [6.45, 7) is 0. The van der Waals surface area contributed by atoms with Crippen molar-refractivity contribution in [2.24, 2.45) is 5.73 Å². The van der Waals surface area contributed by atoms with E-state index in [4.69, 9.17) is 18.0 Å². The van der Waals surface area contributed by atoms with E-state index in [1.54, 1.807) is 24.3 Å². The summed E-state index contributed by atoms with van der Waals surface area (Å²) >= 11 is 4.85. The van der Waals surface area contributed by atoms with Gasteiger partial charge in [0.2, 0.25) is 5.91 Å². The lowest BCUT2D eigenvalue weighted by Gasteiger charge is -2.04. The summed E-state index contributed by atoms with van der Waals surface area (Å²) in [5.41, 5.74) is 6.75. The van der Waals surface area contributed by atoms with Crippen molar-refractivity contribution < 1.29 is 4.79 Å². The summed E-state index contributed by atoms with van der Waals surface area (Å²) in [6, 6.07) is 9.83. The maximum absolute atomic E-state index is 11.8. The van der Waals surface area contributed by atoms with Crippen molar-refractivity contribution >= 4 is 28.9 Å². The van der Waals surface area contributed by atoms with Crippen molar-refractivity contribution in [3.63, 3.8) is 0 Å². The molecule has 0 bridgehead atoms. The number of benzene rings is 1. The van der Waals surface area contributed by atoms with Gasteiger partial charge in [0.1, 0.15) is 4.99 Å². The molecule has 20 heavy (non-hydrogen) atoms. The molecule has 0 aliphatic carbocycles. The highest BCUT2D eigenvalue weighted by molar-refractivity contribution is 7.80. The third kappa shape index (κ3) is 3.72. The molecule has 6 nitrogen and oxygen atoms in total. The van der Waals surface area contributed by atoms with E-state index >= 15 is 0 Å². The zero-order valence-corrected chi connectivity index (χ0v) is 11.2. The summed E-state index contributed by atoms with van der Waals surface area (Å²) in [5, 5.41) is 8.52. The van der Waals surface area contributed by atoms with Crippen LogP contribution in [0.25, 0.3) is 0 Å². The Bertz CT molecular complexity index is 674. The number of carbonyl (C=O) groups excluding carboxylic acids is 1. The number of hydrogen-bond acceptors (Lipinski definition) is 4. The van der Waals surface area contributed by atoms with Gasteiger partial charge in [-0.25, -0.2) is 5.10 Å². The number of anilines is 1. The van der Waals surface area contributed by atoms with Crippen molar-refractivity contribution in [2.45, 2.75) is 6.42 Å². The van der Waals surface area contributed by atoms with E-state index < -0.39 is 0 Å². The lowest BCUT2D eigenvalue weighted by Crippen LogP contribution is -2.17. The van der Waals surface area contributed by atoms with Gasteiger partial charge in [0.25, 0.3) is 5.56 Å². The van der Waals surface area contributed by atoms with Gasteiger partial charge in [-0.05, 0) is 11.6 Å². The van der Waals surface area contributed by atoms with Crippen LogP contribution in [-0.4, -0.2) is 21.1 Å². The monoisotopic (exact) mass is 288 g/mol. The van der Waals surface area contributed by atoms with Crippen molar-refractivity contribution in [1.82, 2.24) is 10.2 Å². The quantitative estimate of drug-likeness (QED) is 0.715. The van der Waals surface area contributed by atoms with Gasteiger partial charge in [-0.15, -0.1) is 0 Å². The van der Waals surface area contributed by atoms with Crippen molar-refractivity contribution in [3.05, 3.63) is 57.9 Å². The molecule has 4 N–H and O–H groups in total. The Labute approximate surface area is 120 Å². The molecule has 0 unspecified atom stereocenters. The number of amides is 1. The summed E-state index contributed by atoms with van der Waals surface area (Å²) in [4.78, 5) is 22.9. The molecule has 0 aliphatic heterocycles. The lowest BCUT2D eigenvalue weighted by molar-refractivity contribution is -0.115. The molecule has 0 fully saturated rings. The molecule has 2 aromatic rings. The molecule has 102 valence electrons. The minimum absolute atomic E-state index is 0.193. The van der Waals surface area contributed by atoms with Crippen LogP contribution < -0.4 is 16.6 Å². The molecule has 0 spiro atoms. The van der Waals surface area contributed by atoms with E-state index in [1.165, 1.54) is 12.1 Å². The molecule has 0 saturated carbocycles. The molecule has 1 amide bonds. The maximum Gasteiger partial charge on any atom is 0.264 e. The minimum Gasteiger partial charge on any atom is -0.389 e. The molecular formula is C13H12N4O2S. The standard InChI is InChI=1S/C13H12N4O2S/c14-13(20)9-3-1-8(2-4-9)7-12(19)15-10-5-6-11(18)17-16-10/h1-6H,7H2,(H2,14,20)(H,17,18)(H,15,16,19). The summed E-state index contributed by atoms with van der Waals surface area (Å²) in [7, 11) is 0. The van der Waals surface area contributed by atoms with Crippen LogP contribution in [0, 0.1) is 0 Å². The van der Waals surface area contributed by atoms with Gasteiger partial charge in [0, 0.05) is 11.6 Å². The second kappa shape index (κ2) is 6.07. The second-order valence-electron chi connectivity index (χ2n) is 4.09. The third-order valence-electron chi connectivity index (χ3n) is 2.55. The second-order valence-corrected chi connectivity index (χ2v) is 4.53. The smallest absolute Gasteiger partial charge is 0.264 e. The molecule has 1 aromatic heterocycles. The number of rotatable bonds is 4. The third-order valence-corrected chi connectivity index (χ3v) is 2.79. The fourth-order valence-electron chi connectivity index (χ4n) is 1.57. The fraction of sp³-hybridized carbons (Fsp3) is 0.0769. The van der Waals surface area contributed by atoms with Crippen LogP contribution in [0.1, 0.15) is 11.1 Å². The van der Waals surface area contributed by atoms with E-state index in [0.29, 0.717) is 10.8 Å². The number of thiocarbonyl (C=S) groups is 1. The van der Waals surface area contributed by atoms with Crippen LogP contribution >= 0.6 is 12.2 Å². The number of aromatic amines is 1. The number of carbonyl (C=O) groups is 1. The topological polar surface area (TPSA) is 101 Å². The first kappa shape index (κ1) is 13.9. The number of nitrogens with one attached hydrogen (secondary N) is 2. The SMILES string of the molecule is NC(=S)c1ccc(CC(=O)Nc2ccc(=O)[nH]n2)cc1. The van der Waals surface area contributed by atoms with Crippen LogP contribution in [0.5, 0.6) is 0 Å². The van der Waals surface area contributed by atoms with E-state index in [9.17, 15) is 9.59 Å². The van der Waals surface area contributed by atoms with Gasteiger partial charge in [0.15, 0.2) is 5.82 Å². The molecule has 1 heterocycles. The maximum atomic E-state index is 11.8. The predicted molar refractivity (Wildman–Crippen MR) is 79.5 cm³/mol. The van der Waals surface area contributed by atoms with Gasteiger partial charge >= 0.3 is 0 Å². The minimum atomic E-state index is -0.323. The Kier molecular flexibility index (Phi) is 4.21. The highest BCUT2D eigenvalue weighted by Gasteiger charge is 2.05. The Hall–Kier alpha value is -2.54. The molecule has 2 rings (SSSR count). The first-order valence-corrected chi connectivity index (χ1v) is 6.20. The van der Waals surface area contributed by atoms with E-state index in [1.807, 2.05) is 0 Å². The Morgan fingerprint density at radius 3 is 2.50 bits per heavy atom. The average molecular weight is 288 g/mol. The Balaban J connectivity index is 1.99. The molecule has 1 aromatic carbocycles. The zero-order valence-electron chi connectivity index (χ0n) is 10.4. The number of hydrogen-bond donors (Lipinski definition) is 3. The van der Waals surface area contributed by atoms with Crippen LogP contribution in [0.2, 0.25) is 0 Å². The van der Waals surface area contributed by atoms with E-state index in [-0.39, 0.29) is 17.9 Å². The molecule has 7 heteroatoms. The van der Waals surface area contributed by atoms with E-state index in [0.717, 1.165) is 11.1 Å². The first-order chi connectivity index (χ1) is 9.54. The zero-order chi connectivity index (χ0) is 14.5. The van der Waals surface area contributed by atoms with Crippen molar-refractivity contribution in [1.29, 1.82) is 0 Å².